The van der Waals surface area contributed by atoms with Crippen molar-refractivity contribution < 1.29 is 4.79 Å². The standard InChI is InChI=1S/C33H22Cl2N4OS2/c34-21-11-8-12-22(17-21)37-28(40)19-41-32-24(18-36)29(23-13-4-5-14-25(23)35)30(31(39-32)20-9-2-1-3-10-20)33-38-26-15-6-7-16-27(26)42-33/h1-17,29,39H,19H2,(H,37,40). The van der Waals surface area contributed by atoms with E-state index < -0.39 is 5.92 Å². The van der Waals surface area contributed by atoms with Gasteiger partial charge in [-0.1, -0.05) is 102 Å². The Kier molecular flexibility index (Phi) is 8.31. The lowest BCUT2D eigenvalue weighted by atomic mass is 9.81. The van der Waals surface area contributed by atoms with E-state index in [2.05, 4.69) is 16.7 Å². The molecule has 0 bridgehead atoms. The first-order valence-electron chi connectivity index (χ1n) is 13.0. The third-order valence-electron chi connectivity index (χ3n) is 6.71. The van der Waals surface area contributed by atoms with Crippen LogP contribution in [-0.4, -0.2) is 16.6 Å². The first kappa shape index (κ1) is 28.1. The number of thioether (sulfide) groups is 1. The van der Waals surface area contributed by atoms with Crippen molar-refractivity contribution in [1.29, 1.82) is 5.26 Å². The van der Waals surface area contributed by atoms with Gasteiger partial charge in [0.25, 0.3) is 0 Å². The summed E-state index contributed by atoms with van der Waals surface area (Å²) in [6.07, 6.45) is 0. The second kappa shape index (κ2) is 12.4. The molecule has 1 aliphatic rings. The van der Waals surface area contributed by atoms with Crippen molar-refractivity contribution in [2.24, 2.45) is 0 Å². The highest BCUT2D eigenvalue weighted by atomic mass is 35.5. The number of nitriles is 1. The van der Waals surface area contributed by atoms with E-state index in [1.54, 1.807) is 35.6 Å². The zero-order valence-electron chi connectivity index (χ0n) is 22.0. The molecule has 0 saturated heterocycles. The second-order valence-corrected chi connectivity index (χ2v) is 12.3. The highest BCUT2D eigenvalue weighted by Crippen LogP contribution is 2.50. The van der Waals surface area contributed by atoms with E-state index in [9.17, 15) is 10.1 Å². The minimum absolute atomic E-state index is 0.0772. The normalized spacial score (nSPS) is 14.9. The molecule has 0 radical (unpaired) electrons. The molecule has 5 aromatic rings. The number of benzene rings is 4. The van der Waals surface area contributed by atoms with Crippen molar-refractivity contribution in [3.8, 4) is 6.07 Å². The van der Waals surface area contributed by atoms with Crippen LogP contribution in [0.4, 0.5) is 5.69 Å². The molecule has 206 valence electrons. The first-order valence-corrected chi connectivity index (χ1v) is 15.6. The first-order chi connectivity index (χ1) is 20.5. The number of carbonyl (C=O) groups is 1. The number of thiazole rings is 1. The van der Waals surface area contributed by atoms with Gasteiger partial charge in [-0.05, 0) is 47.5 Å². The van der Waals surface area contributed by atoms with E-state index in [1.165, 1.54) is 11.8 Å². The number of anilines is 1. The zero-order chi connectivity index (χ0) is 29.1. The number of nitrogens with one attached hydrogen (secondary N) is 2. The van der Waals surface area contributed by atoms with E-state index in [1.807, 2.05) is 78.9 Å². The van der Waals surface area contributed by atoms with Crippen LogP contribution in [0.1, 0.15) is 22.1 Å². The third-order valence-corrected chi connectivity index (χ3v) is 9.38. The number of halogens is 2. The molecule has 0 spiro atoms. The molecule has 2 N–H and O–H groups in total. The molecule has 1 aromatic heterocycles. The molecule has 2 heterocycles. The van der Waals surface area contributed by atoms with Gasteiger partial charge in [-0.3, -0.25) is 4.79 Å². The van der Waals surface area contributed by atoms with Gasteiger partial charge in [-0.2, -0.15) is 5.26 Å². The molecule has 42 heavy (non-hydrogen) atoms. The van der Waals surface area contributed by atoms with Gasteiger partial charge in [0, 0.05) is 21.3 Å². The van der Waals surface area contributed by atoms with Gasteiger partial charge >= 0.3 is 0 Å². The van der Waals surface area contributed by atoms with Gasteiger partial charge in [0.1, 0.15) is 5.01 Å². The predicted octanol–water partition coefficient (Wildman–Crippen LogP) is 8.97. The van der Waals surface area contributed by atoms with Crippen LogP contribution >= 0.6 is 46.3 Å². The molecule has 1 unspecified atom stereocenters. The van der Waals surface area contributed by atoms with Crippen molar-refractivity contribution in [1.82, 2.24) is 10.3 Å². The van der Waals surface area contributed by atoms with Crippen LogP contribution in [0.5, 0.6) is 0 Å². The topological polar surface area (TPSA) is 77.8 Å². The molecule has 0 aliphatic carbocycles. The van der Waals surface area contributed by atoms with Gasteiger partial charge in [0.05, 0.1) is 44.3 Å². The summed E-state index contributed by atoms with van der Waals surface area (Å²) in [5, 5.41) is 19.5. The average Bonchev–Trinajstić information content (AvgIpc) is 3.44. The number of carbonyl (C=O) groups excluding carboxylic acids is 1. The maximum atomic E-state index is 13.0. The number of hydrogen-bond donors (Lipinski definition) is 2. The fourth-order valence-electron chi connectivity index (χ4n) is 4.87. The van der Waals surface area contributed by atoms with Gasteiger partial charge in [-0.15, -0.1) is 11.3 Å². The van der Waals surface area contributed by atoms with Crippen molar-refractivity contribution in [3.63, 3.8) is 0 Å². The number of rotatable bonds is 7. The summed E-state index contributed by atoms with van der Waals surface area (Å²) < 4.78 is 1.05. The summed E-state index contributed by atoms with van der Waals surface area (Å²) in [5.41, 5.74) is 5.36. The number of nitrogens with zero attached hydrogens (tertiary/aromatic N) is 2. The molecule has 0 saturated carbocycles. The minimum atomic E-state index is -0.515. The van der Waals surface area contributed by atoms with E-state index in [-0.39, 0.29) is 11.7 Å². The van der Waals surface area contributed by atoms with E-state index in [4.69, 9.17) is 28.2 Å². The lowest BCUT2D eigenvalue weighted by molar-refractivity contribution is -0.113. The Hall–Kier alpha value is -4.06. The highest BCUT2D eigenvalue weighted by molar-refractivity contribution is 8.03. The molecular formula is C33H22Cl2N4OS2. The van der Waals surface area contributed by atoms with Gasteiger partial charge < -0.3 is 10.6 Å². The Labute approximate surface area is 261 Å². The summed E-state index contributed by atoms with van der Waals surface area (Å²) >= 11 is 15.7. The fraction of sp³-hybridized carbons (Fsp3) is 0.0606. The SMILES string of the molecule is N#CC1=C(SCC(=O)Nc2cccc(Cl)c2)NC(c2ccccc2)=C(c2nc3ccccc3s2)C1c1ccccc1Cl. The monoisotopic (exact) mass is 624 g/mol. The lowest BCUT2D eigenvalue weighted by Gasteiger charge is -2.31. The van der Waals surface area contributed by atoms with Crippen LogP contribution in [-0.2, 0) is 4.79 Å². The summed E-state index contributed by atoms with van der Waals surface area (Å²) in [5.74, 6) is -0.655. The quantitative estimate of drug-likeness (QED) is 0.189. The number of amides is 1. The molecule has 5 nitrogen and oxygen atoms in total. The molecule has 1 amide bonds. The van der Waals surface area contributed by atoms with Crippen LogP contribution in [0.3, 0.4) is 0 Å². The number of para-hydroxylation sites is 1. The summed E-state index contributed by atoms with van der Waals surface area (Å²) in [7, 11) is 0. The Morgan fingerprint density at radius 2 is 1.74 bits per heavy atom. The maximum Gasteiger partial charge on any atom is 0.234 e. The van der Waals surface area contributed by atoms with Gasteiger partial charge in [0.15, 0.2) is 0 Å². The van der Waals surface area contributed by atoms with Crippen LogP contribution in [0, 0.1) is 11.3 Å². The number of allylic oxidation sites excluding steroid dienone is 2. The molecular weight excluding hydrogens is 603 g/mol. The van der Waals surface area contributed by atoms with Crippen molar-refractivity contribution in [2.45, 2.75) is 5.92 Å². The Bertz CT molecular complexity index is 1880. The van der Waals surface area contributed by atoms with E-state index in [0.29, 0.717) is 26.3 Å². The van der Waals surface area contributed by atoms with Gasteiger partial charge in [-0.25, -0.2) is 4.98 Å². The Morgan fingerprint density at radius 1 is 0.976 bits per heavy atom. The van der Waals surface area contributed by atoms with Crippen molar-refractivity contribution in [3.05, 3.63) is 140 Å². The average molecular weight is 626 g/mol. The molecule has 4 aromatic carbocycles. The highest BCUT2D eigenvalue weighted by Gasteiger charge is 2.36. The number of hydrogen-bond acceptors (Lipinski definition) is 6. The van der Waals surface area contributed by atoms with E-state index >= 15 is 0 Å². The Balaban J connectivity index is 1.47. The lowest BCUT2D eigenvalue weighted by Crippen LogP contribution is -2.25. The molecule has 0 fully saturated rings. The zero-order valence-corrected chi connectivity index (χ0v) is 25.1. The van der Waals surface area contributed by atoms with Crippen LogP contribution in [0.15, 0.2) is 114 Å². The minimum Gasteiger partial charge on any atom is -0.349 e. The second-order valence-electron chi connectivity index (χ2n) is 9.42. The number of aromatic nitrogens is 1. The fourth-order valence-corrected chi connectivity index (χ4v) is 7.19. The van der Waals surface area contributed by atoms with Crippen LogP contribution in [0.2, 0.25) is 10.0 Å². The Morgan fingerprint density at radius 3 is 2.50 bits per heavy atom. The largest absolute Gasteiger partial charge is 0.349 e. The van der Waals surface area contributed by atoms with Crippen molar-refractivity contribution in [2.75, 3.05) is 11.1 Å². The van der Waals surface area contributed by atoms with Crippen molar-refractivity contribution >= 4 is 79.4 Å². The summed E-state index contributed by atoms with van der Waals surface area (Å²) in [6.45, 7) is 0. The number of dihydropyridines is 1. The summed E-state index contributed by atoms with van der Waals surface area (Å²) in [6, 6.07) is 34.9. The summed E-state index contributed by atoms with van der Waals surface area (Å²) in [4.78, 5) is 18.0. The molecule has 9 heteroatoms. The molecule has 6 rings (SSSR count). The maximum absolute atomic E-state index is 13.0. The van der Waals surface area contributed by atoms with Crippen LogP contribution < -0.4 is 10.6 Å². The smallest absolute Gasteiger partial charge is 0.234 e. The number of fused-ring (bicyclic) bond motifs is 1. The van der Waals surface area contributed by atoms with Gasteiger partial charge in [0.2, 0.25) is 5.91 Å². The molecule has 1 atom stereocenters. The third kappa shape index (κ3) is 5.80. The van der Waals surface area contributed by atoms with E-state index in [0.717, 1.165) is 37.6 Å². The predicted molar refractivity (Wildman–Crippen MR) is 175 cm³/mol. The van der Waals surface area contributed by atoms with Crippen LogP contribution in [0.25, 0.3) is 21.5 Å². The molecule has 1 aliphatic heterocycles.